The summed E-state index contributed by atoms with van der Waals surface area (Å²) in [4.78, 5) is 8.80. The summed E-state index contributed by atoms with van der Waals surface area (Å²) in [6.07, 6.45) is 3.59. The third-order valence-electron chi connectivity index (χ3n) is 2.97. The van der Waals surface area contributed by atoms with Crippen LogP contribution in [0.2, 0.25) is 0 Å². The highest BCUT2D eigenvalue weighted by Crippen LogP contribution is 2.24. The molecule has 3 aromatic rings. The molecule has 3 nitrogen and oxygen atoms in total. The molecule has 100 valence electrons. The molecular weight excluding hydrogens is 382 g/mol. The van der Waals surface area contributed by atoms with E-state index in [0.29, 0.717) is 6.54 Å². The molecule has 2 aromatic heterocycles. The average Bonchev–Trinajstić information content (AvgIpc) is 2.46. The summed E-state index contributed by atoms with van der Waals surface area (Å²) in [6, 6.07) is 12.2. The Morgan fingerprint density at radius 2 is 1.90 bits per heavy atom. The number of rotatable bonds is 3. The highest BCUT2D eigenvalue weighted by molar-refractivity contribution is 9.11. The third-order valence-corrected chi connectivity index (χ3v) is 4.01. The average molecular weight is 393 g/mol. The zero-order valence-corrected chi connectivity index (χ0v) is 13.6. The molecule has 0 aliphatic rings. The van der Waals surface area contributed by atoms with E-state index in [1.807, 2.05) is 24.4 Å². The first-order valence-corrected chi connectivity index (χ1v) is 7.70. The first-order valence-electron chi connectivity index (χ1n) is 6.11. The Morgan fingerprint density at radius 1 is 1.05 bits per heavy atom. The smallest absolute Gasteiger partial charge is 0.140 e. The molecule has 0 fully saturated rings. The van der Waals surface area contributed by atoms with E-state index in [-0.39, 0.29) is 0 Å². The van der Waals surface area contributed by atoms with Crippen molar-refractivity contribution in [1.82, 2.24) is 9.97 Å². The summed E-state index contributed by atoms with van der Waals surface area (Å²) < 4.78 is 1.88. The molecule has 3 rings (SSSR count). The number of fused-ring (bicyclic) bond motifs is 1. The summed E-state index contributed by atoms with van der Waals surface area (Å²) in [5, 5.41) is 4.48. The summed E-state index contributed by atoms with van der Waals surface area (Å²) in [5.74, 6) is 0.820. The zero-order valence-electron chi connectivity index (χ0n) is 10.5. The second kappa shape index (κ2) is 5.89. The number of pyridine rings is 2. The number of hydrogen-bond acceptors (Lipinski definition) is 3. The van der Waals surface area contributed by atoms with Crippen LogP contribution in [0.4, 0.5) is 5.82 Å². The van der Waals surface area contributed by atoms with Gasteiger partial charge in [-0.3, -0.25) is 4.98 Å². The van der Waals surface area contributed by atoms with E-state index in [1.165, 1.54) is 0 Å². The summed E-state index contributed by atoms with van der Waals surface area (Å²) in [7, 11) is 0. The number of halogens is 2. The third kappa shape index (κ3) is 2.83. The zero-order chi connectivity index (χ0) is 13.9. The topological polar surface area (TPSA) is 37.8 Å². The van der Waals surface area contributed by atoms with Gasteiger partial charge in [0.15, 0.2) is 0 Å². The van der Waals surface area contributed by atoms with Crippen LogP contribution in [0.3, 0.4) is 0 Å². The minimum atomic E-state index is 0.682. The van der Waals surface area contributed by atoms with Gasteiger partial charge < -0.3 is 5.32 Å². The second-order valence-corrected chi connectivity index (χ2v) is 6.10. The lowest BCUT2D eigenvalue weighted by Crippen LogP contribution is -2.03. The van der Waals surface area contributed by atoms with E-state index >= 15 is 0 Å². The predicted octanol–water partition coefficient (Wildman–Crippen LogP) is 4.77. The van der Waals surface area contributed by atoms with Crippen molar-refractivity contribution in [2.75, 3.05) is 5.32 Å². The van der Waals surface area contributed by atoms with Gasteiger partial charge in [0.25, 0.3) is 0 Å². The van der Waals surface area contributed by atoms with Crippen LogP contribution in [0.25, 0.3) is 10.9 Å². The van der Waals surface area contributed by atoms with Gasteiger partial charge >= 0.3 is 0 Å². The fraction of sp³-hybridized carbons (Fsp3) is 0.0667. The number of aromatic nitrogens is 2. The number of anilines is 1. The van der Waals surface area contributed by atoms with Crippen LogP contribution < -0.4 is 5.32 Å². The maximum absolute atomic E-state index is 4.45. The quantitative estimate of drug-likeness (QED) is 0.697. The van der Waals surface area contributed by atoms with Crippen LogP contribution in [0, 0.1) is 0 Å². The number of benzene rings is 1. The molecule has 0 amide bonds. The first-order chi connectivity index (χ1) is 9.74. The van der Waals surface area contributed by atoms with Crippen molar-refractivity contribution in [1.29, 1.82) is 0 Å². The van der Waals surface area contributed by atoms with Gasteiger partial charge in [0.05, 0.1) is 9.99 Å². The SMILES string of the molecule is Brc1cnc(NCc2cccc3cccnc23)c(Br)c1. The molecule has 0 bridgehead atoms. The number of nitrogens with zero attached hydrogens (tertiary/aromatic N) is 2. The Bertz CT molecular complexity index is 754. The normalized spacial score (nSPS) is 10.7. The summed E-state index contributed by atoms with van der Waals surface area (Å²) in [6.45, 7) is 0.682. The van der Waals surface area contributed by atoms with Gasteiger partial charge in [-0.25, -0.2) is 4.98 Å². The van der Waals surface area contributed by atoms with Gasteiger partial charge in [-0.05, 0) is 49.6 Å². The Balaban J connectivity index is 1.87. The second-order valence-electron chi connectivity index (χ2n) is 4.33. The first kappa shape index (κ1) is 13.5. The molecule has 20 heavy (non-hydrogen) atoms. The molecule has 0 radical (unpaired) electrons. The van der Waals surface area contributed by atoms with Crippen molar-refractivity contribution >= 4 is 48.6 Å². The molecule has 0 saturated carbocycles. The molecule has 1 aromatic carbocycles. The lowest BCUT2D eigenvalue weighted by molar-refractivity contribution is 1.11. The minimum absolute atomic E-state index is 0.682. The van der Waals surface area contributed by atoms with E-state index in [4.69, 9.17) is 0 Å². The van der Waals surface area contributed by atoms with E-state index in [0.717, 1.165) is 31.2 Å². The van der Waals surface area contributed by atoms with Crippen molar-refractivity contribution in [3.05, 3.63) is 63.3 Å². The van der Waals surface area contributed by atoms with Crippen molar-refractivity contribution in [2.45, 2.75) is 6.54 Å². The Hall–Kier alpha value is -1.46. The number of nitrogens with one attached hydrogen (secondary N) is 1. The molecule has 2 heterocycles. The fourth-order valence-corrected chi connectivity index (χ4v) is 3.16. The van der Waals surface area contributed by atoms with Gasteiger partial charge in [0, 0.05) is 28.8 Å². The van der Waals surface area contributed by atoms with Crippen molar-refractivity contribution in [3.8, 4) is 0 Å². The molecule has 0 atom stereocenters. The van der Waals surface area contributed by atoms with Gasteiger partial charge in [0.2, 0.25) is 0 Å². The molecule has 0 saturated heterocycles. The standard InChI is InChI=1S/C15H11Br2N3/c16-12-7-13(17)15(20-9-12)19-8-11-4-1-3-10-5-2-6-18-14(10)11/h1-7,9H,8H2,(H,19,20). The van der Waals surface area contributed by atoms with Crippen molar-refractivity contribution in [3.63, 3.8) is 0 Å². The highest BCUT2D eigenvalue weighted by Gasteiger charge is 2.05. The van der Waals surface area contributed by atoms with Gasteiger partial charge in [-0.1, -0.05) is 24.3 Å². The minimum Gasteiger partial charge on any atom is -0.365 e. The Morgan fingerprint density at radius 3 is 2.75 bits per heavy atom. The van der Waals surface area contributed by atoms with Gasteiger partial charge in [0.1, 0.15) is 5.82 Å². The predicted molar refractivity (Wildman–Crippen MR) is 88.7 cm³/mol. The molecule has 0 unspecified atom stereocenters. The van der Waals surface area contributed by atoms with E-state index in [9.17, 15) is 0 Å². The summed E-state index contributed by atoms with van der Waals surface area (Å²) in [5.41, 5.74) is 2.18. The van der Waals surface area contributed by atoms with Crippen LogP contribution in [-0.4, -0.2) is 9.97 Å². The van der Waals surface area contributed by atoms with Gasteiger partial charge in [-0.2, -0.15) is 0 Å². The van der Waals surface area contributed by atoms with Crippen LogP contribution >= 0.6 is 31.9 Å². The number of hydrogen-bond donors (Lipinski definition) is 1. The molecule has 0 aliphatic carbocycles. The van der Waals surface area contributed by atoms with Crippen LogP contribution in [-0.2, 0) is 6.54 Å². The molecule has 5 heteroatoms. The fourth-order valence-electron chi connectivity index (χ4n) is 2.03. The largest absolute Gasteiger partial charge is 0.365 e. The molecule has 0 spiro atoms. The van der Waals surface area contributed by atoms with E-state index in [1.54, 1.807) is 6.20 Å². The Labute approximate surface area is 133 Å². The van der Waals surface area contributed by atoms with E-state index in [2.05, 4.69) is 65.3 Å². The van der Waals surface area contributed by atoms with Crippen molar-refractivity contribution in [2.24, 2.45) is 0 Å². The number of para-hydroxylation sites is 1. The summed E-state index contributed by atoms with van der Waals surface area (Å²) >= 11 is 6.89. The maximum atomic E-state index is 4.45. The van der Waals surface area contributed by atoms with Crippen LogP contribution in [0.5, 0.6) is 0 Å². The molecule has 1 N–H and O–H groups in total. The molecular formula is C15H11Br2N3. The molecule has 0 aliphatic heterocycles. The van der Waals surface area contributed by atoms with Crippen LogP contribution in [0.15, 0.2) is 57.7 Å². The van der Waals surface area contributed by atoms with E-state index < -0.39 is 0 Å². The highest BCUT2D eigenvalue weighted by atomic mass is 79.9. The van der Waals surface area contributed by atoms with Crippen LogP contribution in [0.1, 0.15) is 5.56 Å². The lowest BCUT2D eigenvalue weighted by atomic mass is 10.1. The lowest BCUT2D eigenvalue weighted by Gasteiger charge is -2.09. The Kier molecular flexibility index (Phi) is 3.98. The maximum Gasteiger partial charge on any atom is 0.140 e. The van der Waals surface area contributed by atoms with Crippen molar-refractivity contribution < 1.29 is 0 Å². The monoisotopic (exact) mass is 391 g/mol. The van der Waals surface area contributed by atoms with Gasteiger partial charge in [-0.15, -0.1) is 0 Å².